The van der Waals surface area contributed by atoms with Crippen LogP contribution in [0, 0.1) is 12.3 Å². The van der Waals surface area contributed by atoms with E-state index < -0.39 is 0 Å². The highest BCUT2D eigenvalue weighted by Gasteiger charge is 2.20. The molecule has 1 heterocycles. The zero-order valence-electron chi connectivity index (χ0n) is 10.0. The molecule has 0 aromatic carbocycles. The first-order valence-electron chi connectivity index (χ1n) is 5.48. The minimum Gasteiger partial charge on any atom is -0.396 e. The molecule has 0 bridgehead atoms. The number of pyridine rings is 1. The summed E-state index contributed by atoms with van der Waals surface area (Å²) in [4.78, 5) is 4.32. The van der Waals surface area contributed by atoms with Crippen LogP contribution in [0.3, 0.4) is 0 Å². The van der Waals surface area contributed by atoms with Crippen molar-refractivity contribution >= 4 is 21.6 Å². The molecule has 0 aliphatic heterocycles. The molecular formula is C12H19BrN2O. The fraction of sp³-hybridized carbons (Fsp3) is 0.583. The van der Waals surface area contributed by atoms with Crippen LogP contribution in [-0.4, -0.2) is 23.2 Å². The summed E-state index contributed by atoms with van der Waals surface area (Å²) in [5.74, 6) is 0. The van der Waals surface area contributed by atoms with Gasteiger partial charge in [0.15, 0.2) is 0 Å². The zero-order valence-corrected chi connectivity index (χ0v) is 11.6. The minimum absolute atomic E-state index is 0.0699. The van der Waals surface area contributed by atoms with E-state index in [1.54, 1.807) is 0 Å². The van der Waals surface area contributed by atoms with E-state index in [-0.39, 0.29) is 12.0 Å². The molecule has 0 fully saturated rings. The number of hydrogen-bond acceptors (Lipinski definition) is 3. The number of aliphatic hydroxyl groups excluding tert-OH is 1. The molecule has 4 heteroatoms. The smallest absolute Gasteiger partial charge is 0.106 e. The number of nitrogens with zero attached hydrogens (tertiary/aromatic N) is 1. The predicted octanol–water partition coefficient (Wildman–Crippen LogP) is 2.97. The number of aryl methyl sites for hydroxylation is 1. The number of aromatic nitrogens is 1. The van der Waals surface area contributed by atoms with E-state index in [0.717, 1.165) is 29.0 Å². The van der Waals surface area contributed by atoms with Crippen molar-refractivity contribution in [2.24, 2.45) is 5.41 Å². The van der Waals surface area contributed by atoms with E-state index in [9.17, 15) is 5.11 Å². The summed E-state index contributed by atoms with van der Waals surface area (Å²) in [7, 11) is 0. The summed E-state index contributed by atoms with van der Waals surface area (Å²) < 4.78 is 0.843. The van der Waals surface area contributed by atoms with Gasteiger partial charge in [-0.1, -0.05) is 13.8 Å². The van der Waals surface area contributed by atoms with Gasteiger partial charge in [0.2, 0.25) is 0 Å². The predicted molar refractivity (Wildman–Crippen MR) is 70.6 cm³/mol. The van der Waals surface area contributed by atoms with Crippen LogP contribution in [0.25, 0.3) is 0 Å². The van der Waals surface area contributed by atoms with Gasteiger partial charge in [-0.25, -0.2) is 4.98 Å². The Labute approximate surface area is 105 Å². The van der Waals surface area contributed by atoms with Crippen LogP contribution in [0.2, 0.25) is 0 Å². The van der Waals surface area contributed by atoms with E-state index in [0.29, 0.717) is 0 Å². The van der Waals surface area contributed by atoms with Gasteiger partial charge in [-0.05, 0) is 41.4 Å². The van der Waals surface area contributed by atoms with Crippen molar-refractivity contribution in [3.8, 4) is 0 Å². The third-order valence-corrected chi connectivity index (χ3v) is 3.43. The van der Waals surface area contributed by atoms with Gasteiger partial charge in [0, 0.05) is 12.0 Å². The maximum absolute atomic E-state index is 9.31. The fourth-order valence-electron chi connectivity index (χ4n) is 1.32. The molecule has 0 saturated carbocycles. The summed E-state index contributed by atoms with van der Waals surface area (Å²) in [5.41, 5.74) is 1.92. The lowest BCUT2D eigenvalue weighted by atomic mass is 9.88. The Kier molecular flexibility index (Phi) is 4.74. The lowest BCUT2D eigenvalue weighted by Gasteiger charge is -2.26. The summed E-state index contributed by atoms with van der Waals surface area (Å²) >= 11 is 3.34. The van der Waals surface area contributed by atoms with Crippen LogP contribution in [0.5, 0.6) is 0 Å². The number of aliphatic hydroxyl groups is 1. The van der Waals surface area contributed by atoms with Crippen LogP contribution >= 0.6 is 15.9 Å². The monoisotopic (exact) mass is 286 g/mol. The first-order valence-corrected chi connectivity index (χ1v) is 6.28. The van der Waals surface area contributed by atoms with Crippen LogP contribution in [0.4, 0.5) is 5.69 Å². The highest BCUT2D eigenvalue weighted by molar-refractivity contribution is 9.10. The van der Waals surface area contributed by atoms with Gasteiger partial charge in [0.1, 0.15) is 4.60 Å². The van der Waals surface area contributed by atoms with Crippen LogP contribution in [0.1, 0.15) is 26.0 Å². The van der Waals surface area contributed by atoms with Crippen molar-refractivity contribution in [1.29, 1.82) is 0 Å². The highest BCUT2D eigenvalue weighted by atomic mass is 79.9. The molecule has 0 saturated heterocycles. The Morgan fingerprint density at radius 1 is 1.50 bits per heavy atom. The normalized spacial score (nSPS) is 14.6. The zero-order chi connectivity index (χ0) is 12.2. The Bertz CT molecular complexity index is 351. The molecule has 0 spiro atoms. The number of hydrogen-bond donors (Lipinski definition) is 2. The molecule has 90 valence electrons. The molecule has 1 aromatic rings. The van der Waals surface area contributed by atoms with E-state index in [1.165, 1.54) is 0 Å². The van der Waals surface area contributed by atoms with E-state index in [1.807, 2.05) is 19.1 Å². The van der Waals surface area contributed by atoms with Crippen molar-refractivity contribution < 1.29 is 5.11 Å². The van der Waals surface area contributed by atoms with Crippen molar-refractivity contribution in [3.63, 3.8) is 0 Å². The maximum atomic E-state index is 9.31. The van der Waals surface area contributed by atoms with Gasteiger partial charge in [0.05, 0.1) is 18.0 Å². The Balaban J connectivity index is 2.67. The van der Waals surface area contributed by atoms with E-state index in [4.69, 9.17) is 0 Å². The topological polar surface area (TPSA) is 45.1 Å². The van der Waals surface area contributed by atoms with Crippen LogP contribution in [0.15, 0.2) is 16.7 Å². The Morgan fingerprint density at radius 3 is 2.69 bits per heavy atom. The van der Waals surface area contributed by atoms with Gasteiger partial charge in [-0.2, -0.15) is 0 Å². The lowest BCUT2D eigenvalue weighted by Crippen LogP contribution is -2.29. The second kappa shape index (κ2) is 5.64. The van der Waals surface area contributed by atoms with E-state index in [2.05, 4.69) is 40.1 Å². The molecule has 1 aromatic heterocycles. The average Bonchev–Trinajstić information content (AvgIpc) is 2.27. The lowest BCUT2D eigenvalue weighted by molar-refractivity contribution is 0.149. The third kappa shape index (κ3) is 3.46. The second-order valence-electron chi connectivity index (χ2n) is 4.44. The van der Waals surface area contributed by atoms with Gasteiger partial charge in [-0.15, -0.1) is 0 Å². The van der Waals surface area contributed by atoms with Crippen molar-refractivity contribution in [2.75, 3.05) is 18.5 Å². The first kappa shape index (κ1) is 13.5. The number of rotatable bonds is 5. The summed E-state index contributed by atoms with van der Waals surface area (Å²) in [6.45, 7) is 7.07. The van der Waals surface area contributed by atoms with Crippen LogP contribution in [-0.2, 0) is 0 Å². The van der Waals surface area contributed by atoms with Crippen LogP contribution < -0.4 is 5.32 Å². The maximum Gasteiger partial charge on any atom is 0.106 e. The van der Waals surface area contributed by atoms with Crippen molar-refractivity contribution in [3.05, 3.63) is 22.4 Å². The second-order valence-corrected chi connectivity index (χ2v) is 5.26. The molecule has 3 nitrogen and oxygen atoms in total. The summed E-state index contributed by atoms with van der Waals surface area (Å²) in [6.07, 6.45) is 0.944. The van der Waals surface area contributed by atoms with E-state index >= 15 is 0 Å². The minimum atomic E-state index is -0.0699. The standard InChI is InChI=1S/C12H19BrN2O/c1-4-12(3,8-16)7-14-10-5-6-11(13)15-9(10)2/h5-6,14,16H,4,7-8H2,1-3H3. The first-order chi connectivity index (χ1) is 7.50. The Hall–Kier alpha value is -0.610. The molecule has 0 aliphatic carbocycles. The molecule has 1 rings (SSSR count). The molecule has 1 atom stereocenters. The summed E-state index contributed by atoms with van der Waals surface area (Å²) in [6, 6.07) is 3.91. The highest BCUT2D eigenvalue weighted by Crippen LogP contribution is 2.22. The third-order valence-electron chi connectivity index (χ3n) is 2.99. The molecule has 0 aliphatic rings. The molecule has 0 radical (unpaired) electrons. The van der Waals surface area contributed by atoms with Gasteiger partial charge in [0.25, 0.3) is 0 Å². The SMILES string of the molecule is CCC(C)(CO)CNc1ccc(Br)nc1C. The van der Waals surface area contributed by atoms with Crippen molar-refractivity contribution in [2.45, 2.75) is 27.2 Å². The Morgan fingerprint density at radius 2 is 2.19 bits per heavy atom. The molecule has 2 N–H and O–H groups in total. The molecule has 1 unspecified atom stereocenters. The quantitative estimate of drug-likeness (QED) is 0.818. The largest absolute Gasteiger partial charge is 0.396 e. The average molecular weight is 287 g/mol. The number of nitrogens with one attached hydrogen (secondary N) is 1. The molecular weight excluding hydrogens is 268 g/mol. The number of anilines is 1. The molecule has 0 amide bonds. The van der Waals surface area contributed by atoms with Crippen molar-refractivity contribution in [1.82, 2.24) is 4.98 Å². The van der Waals surface area contributed by atoms with Gasteiger partial charge >= 0.3 is 0 Å². The van der Waals surface area contributed by atoms with Gasteiger partial charge in [-0.3, -0.25) is 0 Å². The number of halogens is 1. The molecule has 16 heavy (non-hydrogen) atoms. The fourth-order valence-corrected chi connectivity index (χ4v) is 1.72. The van der Waals surface area contributed by atoms with Gasteiger partial charge < -0.3 is 10.4 Å². The summed E-state index contributed by atoms with van der Waals surface area (Å²) in [5, 5.41) is 12.7.